The molecule has 0 unspecified atom stereocenters. The number of hydrogen-bond acceptors (Lipinski definition) is 32. The van der Waals surface area contributed by atoms with E-state index in [0.29, 0.717) is 63.5 Å². The Bertz CT molecular complexity index is 3810. The van der Waals surface area contributed by atoms with Crippen LogP contribution in [0.4, 0.5) is 22.0 Å². The lowest BCUT2D eigenvalue weighted by atomic mass is 9.96. The zero-order chi connectivity index (χ0) is 96.2. The molecule has 0 saturated carbocycles. The van der Waals surface area contributed by atoms with Gasteiger partial charge < -0.3 is 160 Å². The number of amides is 7. The molecular weight excluding hydrogens is 1820 g/mol. The van der Waals surface area contributed by atoms with E-state index < -0.39 is 210 Å². The Hall–Kier alpha value is -6.50. The molecule has 1 aromatic heterocycles. The molecule has 0 radical (unpaired) electrons. The molecule has 3 aliphatic heterocycles. The van der Waals surface area contributed by atoms with Crippen molar-refractivity contribution in [3.05, 3.63) is 41.0 Å². The molecule has 54 heteroatoms. The number of aliphatic hydroxyl groups excluding tert-OH is 9. The molecule has 2 aromatic rings. The van der Waals surface area contributed by atoms with E-state index in [2.05, 4.69) is 52.3 Å². The topological polar surface area (TPSA) is 698 Å². The molecule has 46 nitrogen and oxygen atoms in total. The van der Waals surface area contributed by atoms with Crippen LogP contribution in [0.3, 0.4) is 0 Å². The SMILES string of the molecule is O=C(CCCCO[C@H]1O[C@H](CCP(=O)(O)O)[C@@H](O)[C@H](O)[C@@H]1O)NCCCNC(=O)CCOCCC(COCCC(=O)NCCCNC(=O)CCCCO[C@H]1O[C@H](CCP(=O)(O)O)[C@@H](O)[C@H](O)[C@@H]1O)(COCCC(=O)NCCCNC(=O)CCCCO[C@H]1O[C@H](CCP(=O)(O)O)[C@@H](O)[C@H](O)[C@@H]1O)NC(=O)CCc1cn(CCCCCC(=O)Oc2c(F)c(F)c(F)c(F)c2F)nn1. The molecule has 7 amide bonds. The Morgan fingerprint density at radius 3 is 1.08 bits per heavy atom. The van der Waals surface area contributed by atoms with Crippen molar-refractivity contribution < 1.29 is 197 Å². The summed E-state index contributed by atoms with van der Waals surface area (Å²) in [7, 11) is -13.4. The highest BCUT2D eigenvalue weighted by Crippen LogP contribution is 2.40. The summed E-state index contributed by atoms with van der Waals surface area (Å²) in [5, 5.41) is 120. The van der Waals surface area contributed by atoms with Crippen LogP contribution in [0, 0.1) is 29.1 Å². The minimum Gasteiger partial charge on any atom is -0.420 e. The van der Waals surface area contributed by atoms with E-state index in [0.717, 1.165) is 0 Å². The second kappa shape index (κ2) is 59.4. The summed E-state index contributed by atoms with van der Waals surface area (Å²) in [6.45, 7) is -0.478. The Kier molecular flexibility index (Phi) is 52.1. The molecule has 5 rings (SSSR count). The van der Waals surface area contributed by atoms with Gasteiger partial charge >= 0.3 is 28.8 Å². The minimum atomic E-state index is -4.47. The number of hydrogen-bond donors (Lipinski definition) is 22. The maximum absolute atomic E-state index is 14.2. The van der Waals surface area contributed by atoms with Gasteiger partial charge in [-0.15, -0.1) is 5.10 Å². The average molecular weight is 1940 g/mol. The molecule has 0 spiro atoms. The van der Waals surface area contributed by atoms with Gasteiger partial charge in [0.15, 0.2) is 18.9 Å². The number of nitrogens with zero attached hydrogens (tertiary/aromatic N) is 3. The molecule has 4 heterocycles. The monoisotopic (exact) mass is 1940 g/mol. The first-order valence-electron chi connectivity index (χ1n) is 42.8. The van der Waals surface area contributed by atoms with E-state index >= 15 is 0 Å². The molecule has 0 aliphatic carbocycles. The third-order valence-corrected chi connectivity index (χ3v) is 23.0. The Balaban J connectivity index is 1.14. The van der Waals surface area contributed by atoms with Gasteiger partial charge in [-0.05, 0) is 96.3 Å². The van der Waals surface area contributed by atoms with Crippen molar-refractivity contribution in [2.45, 2.75) is 265 Å². The number of aromatic nitrogens is 3. The molecule has 3 fully saturated rings. The quantitative estimate of drug-likeness (QED) is 0.00600. The van der Waals surface area contributed by atoms with Gasteiger partial charge in [0.25, 0.3) is 0 Å². The third-order valence-electron chi connectivity index (χ3n) is 20.5. The number of aryl methyl sites for hydroxylation is 2. The normalized spacial score (nSPS) is 22.6. The fourth-order valence-electron chi connectivity index (χ4n) is 13.1. The Morgan fingerprint density at radius 2 is 0.723 bits per heavy atom. The van der Waals surface area contributed by atoms with Crippen molar-refractivity contribution in [3.63, 3.8) is 0 Å². The van der Waals surface area contributed by atoms with Crippen molar-refractivity contribution in [1.29, 1.82) is 0 Å². The average Bonchev–Trinajstić information content (AvgIpc) is 0.828. The van der Waals surface area contributed by atoms with Crippen LogP contribution in [0.25, 0.3) is 0 Å². The van der Waals surface area contributed by atoms with Gasteiger partial charge in [-0.3, -0.25) is 56.7 Å². The number of aliphatic hydroxyl groups is 9. The Morgan fingerprint density at radius 1 is 0.385 bits per heavy atom. The largest absolute Gasteiger partial charge is 0.420 e. The first-order valence-corrected chi connectivity index (χ1v) is 48.2. The number of unbranched alkanes of at least 4 members (excludes halogenated alkanes) is 5. The van der Waals surface area contributed by atoms with E-state index in [1.807, 2.05) is 0 Å². The number of carbonyl (C=O) groups excluding carboxylic acids is 8. The fourth-order valence-corrected chi connectivity index (χ4v) is 14.9. The zero-order valence-electron chi connectivity index (χ0n) is 71.7. The van der Waals surface area contributed by atoms with Crippen molar-refractivity contribution in [2.75, 3.05) is 117 Å². The number of carbonyl (C=O) groups is 8. The highest BCUT2D eigenvalue weighted by atomic mass is 31.2. The smallest absolute Gasteiger partial charge is 0.325 e. The van der Waals surface area contributed by atoms with Crippen LogP contribution in [0.15, 0.2) is 6.20 Å². The number of ether oxygens (including phenoxy) is 10. The van der Waals surface area contributed by atoms with Crippen LogP contribution in [0.2, 0.25) is 0 Å². The van der Waals surface area contributed by atoms with E-state index in [9.17, 15) is 149 Å². The van der Waals surface area contributed by atoms with Gasteiger partial charge in [-0.1, -0.05) is 11.6 Å². The molecule has 22 N–H and O–H groups in total. The summed E-state index contributed by atoms with van der Waals surface area (Å²) in [5.74, 6) is -17.6. The number of benzene rings is 1. The van der Waals surface area contributed by atoms with Crippen molar-refractivity contribution in [2.24, 2.45) is 0 Å². The van der Waals surface area contributed by atoms with Crippen LogP contribution in [-0.2, 0) is 108 Å². The third kappa shape index (κ3) is 44.3. The standard InChI is InChI=1S/C76H126F5N10O36P3/c77-58-59(78)61(80)72(62(81)60(58)79)127-57(99)16-2-1-6-32-91-43-46(89-90-91)17-18-56(98)88-76(44-119-37-20-54(96)86-30-11-27-83-51(93)14-4-8-34-122-74-70(107)67(104)64(101)48(125-74)23-41-129(112,113)114,45-120-38-21-55(97)87-31-12-28-84-52(94)15-5-9-35-123-75-71(108)68(105)65(102)49(126-75)24-42-130(115,116)117)25-39-118-36-19-53(95)85-29-10-26-82-50(92)13-3-7-33-121-73-69(106)66(103)63(100)47(124-73)22-40-128(109,110)111/h43,47-49,63-71,73-75,100-108H,1-42,44-45H2,(H,82,92)(H,83,93)(H,84,94)(H,85,95)(H,86,96)(H,87,97)(H,88,98)(H2,109,110,111)(H2,112,113,114)(H2,115,116,117)/t47-,48-,49-,63-,64-,65-,66+,67+,68+,69+,70+,71+,73+,74+,75+/m1/s1. The van der Waals surface area contributed by atoms with Gasteiger partial charge in [-0.2, -0.15) is 8.78 Å². The highest BCUT2D eigenvalue weighted by Gasteiger charge is 2.48. The van der Waals surface area contributed by atoms with Crippen LogP contribution in [0.5, 0.6) is 5.75 Å². The maximum atomic E-state index is 14.2. The summed E-state index contributed by atoms with van der Waals surface area (Å²) in [5.41, 5.74) is -1.15. The molecule has 130 heavy (non-hydrogen) atoms. The first-order chi connectivity index (χ1) is 61.5. The van der Waals surface area contributed by atoms with Crippen LogP contribution in [0.1, 0.15) is 160 Å². The van der Waals surface area contributed by atoms with Crippen molar-refractivity contribution in [1.82, 2.24) is 52.2 Å². The summed E-state index contributed by atoms with van der Waals surface area (Å²) >= 11 is 0. The predicted octanol–water partition coefficient (Wildman–Crippen LogP) is -2.91. The second-order valence-corrected chi connectivity index (χ2v) is 36.8. The van der Waals surface area contributed by atoms with E-state index in [1.165, 1.54) is 10.9 Å². The van der Waals surface area contributed by atoms with E-state index in [4.69, 9.17) is 42.6 Å². The van der Waals surface area contributed by atoms with Gasteiger partial charge in [-0.25, -0.2) is 13.2 Å². The Labute approximate surface area is 744 Å². The molecule has 3 aliphatic rings. The zero-order valence-corrected chi connectivity index (χ0v) is 74.4. The van der Waals surface area contributed by atoms with Gasteiger partial charge in [0.1, 0.15) is 54.9 Å². The fraction of sp³-hybridized carbons (Fsp3) is 0.789. The second-order valence-electron chi connectivity index (χ2n) is 31.4. The summed E-state index contributed by atoms with van der Waals surface area (Å²) in [6, 6.07) is 0. The first kappa shape index (κ1) is 114. The molecule has 1 aromatic carbocycles. The predicted molar refractivity (Wildman–Crippen MR) is 436 cm³/mol. The van der Waals surface area contributed by atoms with Crippen molar-refractivity contribution in [3.8, 4) is 5.75 Å². The van der Waals surface area contributed by atoms with E-state index in [1.54, 1.807) is 0 Å². The van der Waals surface area contributed by atoms with Gasteiger partial charge in [0.2, 0.25) is 76.2 Å². The van der Waals surface area contributed by atoms with E-state index in [-0.39, 0.29) is 219 Å². The molecule has 3 saturated heterocycles. The molecule has 746 valence electrons. The maximum Gasteiger partial charge on any atom is 0.325 e. The number of halogens is 5. The molecule has 0 bridgehead atoms. The minimum absolute atomic E-state index is 0.00309. The summed E-state index contributed by atoms with van der Waals surface area (Å²) in [4.78, 5) is 159. The van der Waals surface area contributed by atoms with Gasteiger partial charge in [0, 0.05) is 136 Å². The lowest BCUT2D eigenvalue weighted by Gasteiger charge is -2.40. The van der Waals surface area contributed by atoms with Crippen LogP contribution in [-0.4, -0.2) is 353 Å². The van der Waals surface area contributed by atoms with Crippen LogP contribution < -0.4 is 42.0 Å². The number of nitrogens with one attached hydrogen (secondary N) is 7. The summed E-state index contributed by atoms with van der Waals surface area (Å²) in [6.07, 6.45) is -22.2. The lowest BCUT2D eigenvalue weighted by Crippen LogP contribution is -2.58. The molecular formula is C76H126F5N10O36P3. The number of rotatable bonds is 66. The highest BCUT2D eigenvalue weighted by molar-refractivity contribution is 7.52. The number of esters is 1. The summed E-state index contributed by atoms with van der Waals surface area (Å²) < 4.78 is 160. The molecule has 15 atom stereocenters. The van der Waals surface area contributed by atoms with Crippen LogP contribution >= 0.6 is 22.8 Å². The van der Waals surface area contributed by atoms with Gasteiger partial charge in [0.05, 0.1) is 81.1 Å². The van der Waals surface area contributed by atoms with Crippen molar-refractivity contribution >= 4 is 70.1 Å². The lowest BCUT2D eigenvalue weighted by molar-refractivity contribution is -0.297.